The van der Waals surface area contributed by atoms with E-state index in [1.165, 1.54) is 5.56 Å². The monoisotopic (exact) mass is 204 g/mol. The average molecular weight is 204 g/mol. The third-order valence-electron chi connectivity index (χ3n) is 2.60. The van der Waals surface area contributed by atoms with Gasteiger partial charge in [0.25, 0.3) is 0 Å². The number of benzene rings is 1. The van der Waals surface area contributed by atoms with Gasteiger partial charge >= 0.3 is 0 Å². The number of hydrogen-bond donors (Lipinski definition) is 2. The molecule has 0 heterocycles. The second-order valence-electron chi connectivity index (χ2n) is 4.88. The Kier molecular flexibility index (Phi) is 3.18. The quantitative estimate of drug-likeness (QED) is 0.563. The minimum atomic E-state index is 0.112. The van der Waals surface area contributed by atoms with Gasteiger partial charge in [0.1, 0.15) is 0 Å². The van der Waals surface area contributed by atoms with Crippen LogP contribution in [0.2, 0.25) is 0 Å². The van der Waals surface area contributed by atoms with Gasteiger partial charge in [-0.2, -0.15) is 0 Å². The van der Waals surface area contributed by atoms with Crippen molar-refractivity contribution < 1.29 is 0 Å². The zero-order valence-corrected chi connectivity index (χ0v) is 10.0. The van der Waals surface area contributed by atoms with Crippen molar-refractivity contribution in [1.82, 2.24) is 0 Å². The number of nitrogens with one attached hydrogen (secondary N) is 1. The molecule has 15 heavy (non-hydrogen) atoms. The molecule has 0 unspecified atom stereocenters. The van der Waals surface area contributed by atoms with Gasteiger partial charge in [-0.05, 0) is 23.5 Å². The summed E-state index contributed by atoms with van der Waals surface area (Å²) in [6.45, 7) is 8.45. The van der Waals surface area contributed by atoms with E-state index in [-0.39, 0.29) is 5.41 Å². The SMILES string of the molecule is CCC(=N)c1ccc(C(C)(C)C)cc1N. The molecule has 82 valence electrons. The zero-order chi connectivity index (χ0) is 11.6. The summed E-state index contributed by atoms with van der Waals surface area (Å²) in [4.78, 5) is 0. The predicted octanol–water partition coefficient (Wildman–Crippen LogP) is 3.34. The van der Waals surface area contributed by atoms with Gasteiger partial charge in [0.05, 0.1) is 0 Å². The Morgan fingerprint density at radius 2 is 1.93 bits per heavy atom. The molecule has 0 aliphatic heterocycles. The van der Waals surface area contributed by atoms with Crippen LogP contribution < -0.4 is 5.73 Å². The fraction of sp³-hybridized carbons (Fsp3) is 0.462. The molecule has 1 aromatic rings. The minimum Gasteiger partial charge on any atom is -0.398 e. The van der Waals surface area contributed by atoms with Crippen LogP contribution in [-0.4, -0.2) is 5.71 Å². The Hall–Kier alpha value is -1.31. The second-order valence-corrected chi connectivity index (χ2v) is 4.88. The molecule has 2 heteroatoms. The highest BCUT2D eigenvalue weighted by Gasteiger charge is 2.15. The van der Waals surface area contributed by atoms with Crippen LogP contribution in [0.1, 0.15) is 45.2 Å². The van der Waals surface area contributed by atoms with Gasteiger partial charge < -0.3 is 11.1 Å². The van der Waals surface area contributed by atoms with Crippen LogP contribution in [0, 0.1) is 5.41 Å². The van der Waals surface area contributed by atoms with E-state index in [4.69, 9.17) is 11.1 Å². The highest BCUT2D eigenvalue weighted by molar-refractivity contribution is 6.02. The smallest absolute Gasteiger partial charge is 0.0408 e. The lowest BCUT2D eigenvalue weighted by atomic mass is 9.85. The van der Waals surface area contributed by atoms with E-state index in [1.54, 1.807) is 0 Å². The Bertz CT molecular complexity index is 373. The van der Waals surface area contributed by atoms with E-state index >= 15 is 0 Å². The van der Waals surface area contributed by atoms with Crippen LogP contribution in [0.4, 0.5) is 5.69 Å². The Labute approximate surface area is 92.0 Å². The number of nitrogens with two attached hydrogens (primary N) is 1. The molecule has 0 radical (unpaired) electrons. The van der Waals surface area contributed by atoms with Crippen molar-refractivity contribution in [2.45, 2.75) is 39.5 Å². The van der Waals surface area contributed by atoms with Crippen LogP contribution in [0.3, 0.4) is 0 Å². The first kappa shape index (κ1) is 11.8. The summed E-state index contributed by atoms with van der Waals surface area (Å²) in [7, 11) is 0. The molecule has 3 N–H and O–H groups in total. The highest BCUT2D eigenvalue weighted by Crippen LogP contribution is 2.26. The van der Waals surface area contributed by atoms with Crippen molar-refractivity contribution >= 4 is 11.4 Å². The van der Waals surface area contributed by atoms with Crippen molar-refractivity contribution in [2.24, 2.45) is 0 Å². The van der Waals surface area contributed by atoms with E-state index in [2.05, 4.69) is 26.8 Å². The molecule has 0 bridgehead atoms. The van der Waals surface area contributed by atoms with Crippen molar-refractivity contribution in [3.8, 4) is 0 Å². The fourth-order valence-electron chi connectivity index (χ4n) is 1.49. The molecule has 0 aliphatic carbocycles. The molecule has 2 nitrogen and oxygen atoms in total. The molecule has 0 atom stereocenters. The summed E-state index contributed by atoms with van der Waals surface area (Å²) in [5.74, 6) is 0. The molecule has 0 spiro atoms. The number of anilines is 1. The second kappa shape index (κ2) is 4.05. The molecule has 0 amide bonds. The van der Waals surface area contributed by atoms with Gasteiger partial charge in [-0.1, -0.05) is 39.8 Å². The van der Waals surface area contributed by atoms with E-state index in [9.17, 15) is 0 Å². The molecule has 0 aliphatic rings. The molecule has 1 aromatic carbocycles. The van der Waals surface area contributed by atoms with Gasteiger partial charge in [-0.25, -0.2) is 0 Å². The van der Waals surface area contributed by atoms with E-state index < -0.39 is 0 Å². The van der Waals surface area contributed by atoms with Gasteiger partial charge in [-0.3, -0.25) is 0 Å². The lowest BCUT2D eigenvalue weighted by Crippen LogP contribution is -2.13. The largest absolute Gasteiger partial charge is 0.398 e. The van der Waals surface area contributed by atoms with Crippen molar-refractivity contribution in [3.05, 3.63) is 29.3 Å². The summed E-state index contributed by atoms with van der Waals surface area (Å²) in [5, 5.41) is 7.77. The third kappa shape index (κ3) is 2.58. The minimum absolute atomic E-state index is 0.112. The molecule has 0 saturated heterocycles. The highest BCUT2D eigenvalue weighted by atomic mass is 14.6. The summed E-state index contributed by atoms with van der Waals surface area (Å²) < 4.78 is 0. The van der Waals surface area contributed by atoms with Crippen LogP contribution in [0.25, 0.3) is 0 Å². The average Bonchev–Trinajstić information content (AvgIpc) is 2.15. The Morgan fingerprint density at radius 1 is 1.33 bits per heavy atom. The lowest BCUT2D eigenvalue weighted by Gasteiger charge is -2.20. The lowest BCUT2D eigenvalue weighted by molar-refractivity contribution is 0.590. The maximum atomic E-state index is 7.77. The summed E-state index contributed by atoms with van der Waals surface area (Å²) >= 11 is 0. The number of rotatable bonds is 2. The molecular formula is C13H20N2. The van der Waals surface area contributed by atoms with E-state index in [0.29, 0.717) is 11.4 Å². The van der Waals surface area contributed by atoms with Gasteiger partial charge in [0.15, 0.2) is 0 Å². The Morgan fingerprint density at radius 3 is 2.33 bits per heavy atom. The first-order valence-electron chi connectivity index (χ1n) is 5.34. The molecule has 0 fully saturated rings. The topological polar surface area (TPSA) is 49.9 Å². The van der Waals surface area contributed by atoms with Crippen LogP contribution >= 0.6 is 0 Å². The van der Waals surface area contributed by atoms with Gasteiger partial charge in [-0.15, -0.1) is 0 Å². The maximum Gasteiger partial charge on any atom is 0.0408 e. The first-order valence-corrected chi connectivity index (χ1v) is 5.34. The van der Waals surface area contributed by atoms with Crippen molar-refractivity contribution in [3.63, 3.8) is 0 Å². The first-order chi connectivity index (χ1) is 6.86. The van der Waals surface area contributed by atoms with E-state index in [0.717, 1.165) is 12.0 Å². The normalized spacial score (nSPS) is 11.5. The van der Waals surface area contributed by atoms with Crippen molar-refractivity contribution in [1.29, 1.82) is 5.41 Å². The van der Waals surface area contributed by atoms with E-state index in [1.807, 2.05) is 19.1 Å². The zero-order valence-electron chi connectivity index (χ0n) is 10.0. The maximum absolute atomic E-state index is 7.77. The molecule has 0 saturated carbocycles. The summed E-state index contributed by atoms with van der Waals surface area (Å²) in [6.07, 6.45) is 0.721. The standard InChI is InChI=1S/C13H20N2/c1-5-11(14)10-7-6-9(8-12(10)15)13(2,3)4/h6-8,14H,5,15H2,1-4H3. The van der Waals surface area contributed by atoms with Crippen LogP contribution in [0.15, 0.2) is 18.2 Å². The number of nitrogen functional groups attached to an aromatic ring is 1. The predicted molar refractivity (Wildman–Crippen MR) is 66.7 cm³/mol. The summed E-state index contributed by atoms with van der Waals surface area (Å²) in [5.41, 5.74) is 9.47. The molecule has 1 rings (SSSR count). The summed E-state index contributed by atoms with van der Waals surface area (Å²) in [6, 6.07) is 6.01. The third-order valence-corrected chi connectivity index (χ3v) is 2.60. The van der Waals surface area contributed by atoms with Crippen LogP contribution in [-0.2, 0) is 5.41 Å². The molecule has 0 aromatic heterocycles. The van der Waals surface area contributed by atoms with Crippen LogP contribution in [0.5, 0.6) is 0 Å². The molecular weight excluding hydrogens is 184 g/mol. The van der Waals surface area contributed by atoms with Gasteiger partial charge in [0.2, 0.25) is 0 Å². The van der Waals surface area contributed by atoms with Crippen molar-refractivity contribution in [2.75, 3.05) is 5.73 Å². The fourth-order valence-corrected chi connectivity index (χ4v) is 1.49. The number of hydrogen-bond acceptors (Lipinski definition) is 2. The Balaban J connectivity index is 3.15. The van der Waals surface area contributed by atoms with Gasteiger partial charge in [0, 0.05) is 17.0 Å².